The first-order valence-electron chi connectivity index (χ1n) is 21.8. The second-order valence-electron chi connectivity index (χ2n) is 15.3. The topological polar surface area (TPSA) is 89.8 Å². The summed E-state index contributed by atoms with van der Waals surface area (Å²) in [6.45, 7) is 4.25. The van der Waals surface area contributed by atoms with E-state index in [4.69, 9.17) is 0 Å². The third kappa shape index (κ3) is 33.8. The van der Waals surface area contributed by atoms with Crippen LogP contribution >= 0.6 is 0 Å². The lowest BCUT2D eigenvalue weighted by molar-refractivity contribution is -0.131. The number of amides is 1. The molecule has 0 bridgehead atoms. The lowest BCUT2D eigenvalue weighted by atomic mass is 10.0. The smallest absolute Gasteiger partial charge is 0.249 e. The van der Waals surface area contributed by atoms with Crippen LogP contribution < -0.4 is 5.32 Å². The zero-order chi connectivity index (χ0) is 35.2. The molecule has 1 amide bonds. The van der Waals surface area contributed by atoms with E-state index in [1.807, 2.05) is 0 Å². The van der Waals surface area contributed by atoms with Crippen LogP contribution in [0.4, 0.5) is 0 Å². The Morgan fingerprint density at radius 3 is 0.938 bits per heavy atom. The Morgan fingerprint density at radius 1 is 0.417 bits per heavy atom. The summed E-state index contributed by atoms with van der Waals surface area (Å²) in [6.07, 6.45) is 43.8. The van der Waals surface area contributed by atoms with E-state index in [9.17, 15) is 20.1 Å². The number of hydrogen-bond acceptors (Lipinski definition) is 4. The molecule has 4 N–H and O–H groups in total. The van der Waals surface area contributed by atoms with E-state index in [0.29, 0.717) is 12.8 Å². The van der Waals surface area contributed by atoms with Gasteiger partial charge in [0.05, 0.1) is 18.8 Å². The number of carbonyl (C=O) groups is 1. The molecule has 0 fully saturated rings. The molecule has 0 heterocycles. The number of rotatable bonds is 40. The minimum absolute atomic E-state index is 0.308. The largest absolute Gasteiger partial charge is 0.394 e. The van der Waals surface area contributed by atoms with E-state index < -0.39 is 24.2 Å². The minimum atomic E-state index is -1.07. The van der Waals surface area contributed by atoms with Crippen LogP contribution in [-0.2, 0) is 4.79 Å². The molecule has 0 aromatic heterocycles. The van der Waals surface area contributed by atoms with Gasteiger partial charge in [-0.25, -0.2) is 0 Å². The SMILES string of the molecule is CCCCCCCCCCCCCCCCCCCCCC(O)C(=O)NC(CO)C(O)CCCCCCCCCCCCCCCCC. The molecular formula is C43H87NO4. The molecule has 0 saturated carbocycles. The Bertz CT molecular complexity index is 630. The van der Waals surface area contributed by atoms with Crippen LogP contribution in [0.2, 0.25) is 0 Å². The van der Waals surface area contributed by atoms with Crippen LogP contribution in [0.3, 0.4) is 0 Å². The highest BCUT2D eigenvalue weighted by Gasteiger charge is 2.23. The molecule has 0 spiro atoms. The molecule has 3 atom stereocenters. The van der Waals surface area contributed by atoms with Crippen molar-refractivity contribution in [2.75, 3.05) is 6.61 Å². The predicted molar refractivity (Wildman–Crippen MR) is 209 cm³/mol. The first-order valence-corrected chi connectivity index (χ1v) is 21.8. The van der Waals surface area contributed by atoms with Gasteiger partial charge in [0, 0.05) is 0 Å². The minimum Gasteiger partial charge on any atom is -0.394 e. The number of unbranched alkanes of at least 4 members (excludes halogenated alkanes) is 32. The lowest BCUT2D eigenvalue weighted by Gasteiger charge is -2.23. The standard InChI is InChI=1S/C43H87NO4/c1-3-5-7-9-11-13-15-17-19-20-21-22-24-26-28-30-32-34-36-38-42(47)43(48)44-40(39-45)41(46)37-35-33-31-29-27-25-23-18-16-14-12-10-8-6-4-2/h40-42,45-47H,3-39H2,1-2H3,(H,44,48). The second-order valence-corrected chi connectivity index (χ2v) is 15.3. The fourth-order valence-electron chi connectivity index (χ4n) is 7.02. The van der Waals surface area contributed by atoms with Crippen molar-refractivity contribution >= 4 is 5.91 Å². The van der Waals surface area contributed by atoms with Gasteiger partial charge in [-0.15, -0.1) is 0 Å². The van der Waals surface area contributed by atoms with Gasteiger partial charge in [0.1, 0.15) is 6.10 Å². The summed E-state index contributed by atoms with van der Waals surface area (Å²) in [6, 6.07) is -0.705. The van der Waals surface area contributed by atoms with Crippen molar-refractivity contribution in [3.8, 4) is 0 Å². The Labute approximate surface area is 300 Å². The highest BCUT2D eigenvalue weighted by atomic mass is 16.3. The van der Waals surface area contributed by atoms with Crippen molar-refractivity contribution in [2.24, 2.45) is 0 Å². The van der Waals surface area contributed by atoms with Crippen molar-refractivity contribution in [1.82, 2.24) is 5.32 Å². The van der Waals surface area contributed by atoms with Crippen LogP contribution in [0.5, 0.6) is 0 Å². The zero-order valence-corrected chi connectivity index (χ0v) is 32.6. The molecule has 0 saturated heterocycles. The summed E-state index contributed by atoms with van der Waals surface area (Å²) >= 11 is 0. The van der Waals surface area contributed by atoms with Gasteiger partial charge in [-0.1, -0.05) is 232 Å². The fraction of sp³-hybridized carbons (Fsp3) is 0.977. The van der Waals surface area contributed by atoms with Gasteiger partial charge in [-0.3, -0.25) is 4.79 Å². The average Bonchev–Trinajstić information content (AvgIpc) is 3.09. The molecule has 0 aliphatic heterocycles. The number of nitrogens with one attached hydrogen (secondary N) is 1. The zero-order valence-electron chi connectivity index (χ0n) is 32.6. The van der Waals surface area contributed by atoms with Crippen molar-refractivity contribution < 1.29 is 20.1 Å². The Kier molecular flexibility index (Phi) is 38.6. The van der Waals surface area contributed by atoms with Crippen LogP contribution in [-0.4, -0.2) is 46.1 Å². The van der Waals surface area contributed by atoms with Gasteiger partial charge in [-0.05, 0) is 12.8 Å². The lowest BCUT2D eigenvalue weighted by Crippen LogP contribution is -2.49. The van der Waals surface area contributed by atoms with Gasteiger partial charge in [0.25, 0.3) is 0 Å². The van der Waals surface area contributed by atoms with E-state index in [1.54, 1.807) is 0 Å². The van der Waals surface area contributed by atoms with Crippen LogP contribution in [0.1, 0.15) is 245 Å². The summed E-state index contributed by atoms with van der Waals surface area (Å²) in [5.74, 6) is -0.466. The first kappa shape index (κ1) is 47.4. The summed E-state index contributed by atoms with van der Waals surface area (Å²) in [7, 11) is 0. The van der Waals surface area contributed by atoms with Crippen LogP contribution in [0, 0.1) is 0 Å². The summed E-state index contributed by atoms with van der Waals surface area (Å²) in [5.41, 5.74) is 0. The Balaban J connectivity index is 3.58. The monoisotopic (exact) mass is 682 g/mol. The molecule has 0 aromatic rings. The van der Waals surface area contributed by atoms with Crippen LogP contribution in [0.25, 0.3) is 0 Å². The normalized spacial score (nSPS) is 13.5. The molecule has 5 heteroatoms. The predicted octanol–water partition coefficient (Wildman–Crippen LogP) is 12.3. The average molecular weight is 682 g/mol. The maximum atomic E-state index is 12.5. The Morgan fingerprint density at radius 2 is 0.667 bits per heavy atom. The van der Waals surface area contributed by atoms with E-state index >= 15 is 0 Å². The highest BCUT2D eigenvalue weighted by Crippen LogP contribution is 2.17. The van der Waals surface area contributed by atoms with Gasteiger partial charge in [0.2, 0.25) is 5.91 Å². The summed E-state index contributed by atoms with van der Waals surface area (Å²) < 4.78 is 0. The van der Waals surface area contributed by atoms with E-state index in [-0.39, 0.29) is 6.61 Å². The van der Waals surface area contributed by atoms with Gasteiger partial charge in [0.15, 0.2) is 0 Å². The molecule has 48 heavy (non-hydrogen) atoms. The van der Waals surface area contributed by atoms with Gasteiger partial charge < -0.3 is 20.6 Å². The summed E-state index contributed by atoms with van der Waals surface area (Å²) in [4.78, 5) is 12.5. The Hall–Kier alpha value is -0.650. The third-order valence-electron chi connectivity index (χ3n) is 10.5. The molecule has 5 nitrogen and oxygen atoms in total. The van der Waals surface area contributed by atoms with Gasteiger partial charge >= 0.3 is 0 Å². The highest BCUT2D eigenvalue weighted by molar-refractivity contribution is 5.80. The second kappa shape index (κ2) is 39.1. The third-order valence-corrected chi connectivity index (χ3v) is 10.5. The van der Waals surface area contributed by atoms with Crippen molar-refractivity contribution in [2.45, 2.75) is 263 Å². The van der Waals surface area contributed by atoms with E-state index in [0.717, 1.165) is 32.1 Å². The molecule has 0 rings (SSSR count). The number of aliphatic hydroxyl groups is 3. The maximum Gasteiger partial charge on any atom is 0.249 e. The quantitative estimate of drug-likeness (QED) is 0.0485. The molecule has 0 aromatic carbocycles. The number of hydrogen-bond donors (Lipinski definition) is 4. The van der Waals surface area contributed by atoms with Gasteiger partial charge in [-0.2, -0.15) is 0 Å². The van der Waals surface area contributed by atoms with Crippen LogP contribution in [0.15, 0.2) is 0 Å². The molecule has 0 aliphatic carbocycles. The molecular weight excluding hydrogens is 594 g/mol. The first-order chi connectivity index (χ1) is 23.6. The maximum absolute atomic E-state index is 12.5. The van der Waals surface area contributed by atoms with E-state index in [2.05, 4.69) is 19.2 Å². The summed E-state index contributed by atoms with van der Waals surface area (Å²) in [5, 5.41) is 33.3. The molecule has 0 aliphatic rings. The molecule has 3 unspecified atom stereocenters. The van der Waals surface area contributed by atoms with E-state index in [1.165, 1.54) is 186 Å². The molecule has 0 radical (unpaired) electrons. The van der Waals surface area contributed by atoms with Crippen molar-refractivity contribution in [3.63, 3.8) is 0 Å². The number of carbonyl (C=O) groups excluding carboxylic acids is 1. The van der Waals surface area contributed by atoms with Crippen molar-refractivity contribution in [3.05, 3.63) is 0 Å². The fourth-order valence-corrected chi connectivity index (χ4v) is 7.02. The van der Waals surface area contributed by atoms with Crippen molar-refractivity contribution in [1.29, 1.82) is 0 Å². The number of aliphatic hydroxyl groups excluding tert-OH is 3. The molecule has 288 valence electrons.